The third-order valence-electron chi connectivity index (χ3n) is 4.19. The van der Waals surface area contributed by atoms with Gasteiger partial charge in [-0.05, 0) is 45.2 Å². The van der Waals surface area contributed by atoms with Crippen molar-refractivity contribution in [1.82, 2.24) is 15.8 Å². The third-order valence-corrected chi connectivity index (χ3v) is 4.19. The van der Waals surface area contributed by atoms with Gasteiger partial charge in [-0.3, -0.25) is 4.99 Å². The van der Waals surface area contributed by atoms with E-state index in [1.54, 1.807) is 14.2 Å². The van der Waals surface area contributed by atoms with Gasteiger partial charge in [0.15, 0.2) is 5.96 Å². The van der Waals surface area contributed by atoms with Crippen LogP contribution in [0.2, 0.25) is 0 Å². The largest absolute Gasteiger partial charge is 0.496 e. The number of hydrogen-bond acceptors (Lipinski definition) is 4. The smallest absolute Gasteiger partial charge is 0.191 e. The van der Waals surface area contributed by atoms with E-state index in [1.807, 2.05) is 19.9 Å². The fraction of sp³-hybridized carbons (Fsp3) is 0.474. The molecule has 0 aliphatic carbocycles. The fourth-order valence-electron chi connectivity index (χ4n) is 2.73. The Hall–Kier alpha value is -2.50. The summed E-state index contributed by atoms with van der Waals surface area (Å²) in [6, 6.07) is 6.20. The Balaban J connectivity index is 1.79. The lowest BCUT2D eigenvalue weighted by Crippen LogP contribution is -2.37. The number of nitrogens with one attached hydrogen (secondary N) is 2. The number of hydrogen-bond donors (Lipinski definition) is 2. The van der Waals surface area contributed by atoms with Gasteiger partial charge in [-0.1, -0.05) is 17.3 Å². The normalized spacial score (nSPS) is 11.5. The summed E-state index contributed by atoms with van der Waals surface area (Å²) in [5.74, 6) is 2.58. The van der Waals surface area contributed by atoms with Gasteiger partial charge in [-0.15, -0.1) is 0 Å². The van der Waals surface area contributed by atoms with E-state index in [4.69, 9.17) is 9.26 Å². The van der Waals surface area contributed by atoms with E-state index in [0.717, 1.165) is 48.1 Å². The van der Waals surface area contributed by atoms with Crippen LogP contribution in [-0.4, -0.2) is 31.8 Å². The topological polar surface area (TPSA) is 71.7 Å². The number of methoxy groups -OCH3 is 1. The van der Waals surface area contributed by atoms with Crippen molar-refractivity contribution in [2.45, 2.75) is 40.2 Å². The van der Waals surface area contributed by atoms with Crippen LogP contribution < -0.4 is 15.4 Å². The minimum atomic E-state index is 0.660. The molecule has 1 heterocycles. The molecule has 25 heavy (non-hydrogen) atoms. The van der Waals surface area contributed by atoms with Gasteiger partial charge in [-0.25, -0.2) is 0 Å². The van der Waals surface area contributed by atoms with Gasteiger partial charge in [0.05, 0.1) is 12.8 Å². The Kier molecular flexibility index (Phi) is 6.86. The molecular formula is C19H28N4O2. The molecular weight excluding hydrogens is 316 g/mol. The molecule has 136 valence electrons. The predicted octanol–water partition coefficient (Wildman–Crippen LogP) is 2.91. The zero-order chi connectivity index (χ0) is 18.2. The van der Waals surface area contributed by atoms with Gasteiger partial charge in [0, 0.05) is 31.3 Å². The summed E-state index contributed by atoms with van der Waals surface area (Å²) >= 11 is 0. The van der Waals surface area contributed by atoms with Crippen LogP contribution in [0.15, 0.2) is 27.7 Å². The first-order valence-corrected chi connectivity index (χ1v) is 8.55. The standard InChI is InChI=1S/C19H28N4O2/c1-13-8-9-16(18(11-13)24-5)12-22-19(20-4)21-10-6-7-17-14(2)23-25-15(17)3/h8-9,11H,6-7,10,12H2,1-5H3,(H2,20,21,22). The van der Waals surface area contributed by atoms with E-state index in [2.05, 4.69) is 39.8 Å². The Morgan fingerprint density at radius 3 is 2.68 bits per heavy atom. The molecule has 6 nitrogen and oxygen atoms in total. The van der Waals surface area contributed by atoms with Crippen molar-refractivity contribution in [2.24, 2.45) is 4.99 Å². The van der Waals surface area contributed by atoms with Gasteiger partial charge in [0.25, 0.3) is 0 Å². The molecule has 0 aliphatic rings. The summed E-state index contributed by atoms with van der Waals surface area (Å²) in [5, 5.41) is 10.6. The van der Waals surface area contributed by atoms with E-state index < -0.39 is 0 Å². The number of rotatable bonds is 7. The van der Waals surface area contributed by atoms with Crippen LogP contribution >= 0.6 is 0 Å². The second kappa shape index (κ2) is 9.11. The molecule has 1 aromatic heterocycles. The highest BCUT2D eigenvalue weighted by atomic mass is 16.5. The number of benzene rings is 1. The summed E-state index contributed by atoms with van der Waals surface area (Å²) in [4.78, 5) is 4.27. The van der Waals surface area contributed by atoms with Crippen LogP contribution in [0.5, 0.6) is 5.75 Å². The second-order valence-electron chi connectivity index (χ2n) is 6.07. The maximum absolute atomic E-state index is 5.44. The van der Waals surface area contributed by atoms with Crippen LogP contribution in [-0.2, 0) is 13.0 Å². The van der Waals surface area contributed by atoms with Crippen LogP contribution in [0, 0.1) is 20.8 Å². The van der Waals surface area contributed by atoms with Gasteiger partial charge >= 0.3 is 0 Å². The summed E-state index contributed by atoms with van der Waals surface area (Å²) in [5.41, 5.74) is 4.47. The number of ether oxygens (including phenoxy) is 1. The SMILES string of the molecule is CN=C(NCCCc1c(C)noc1C)NCc1ccc(C)cc1OC. The Labute approximate surface area is 149 Å². The number of aliphatic imine (C=N–C) groups is 1. The first-order valence-electron chi connectivity index (χ1n) is 8.55. The average molecular weight is 344 g/mol. The summed E-state index contributed by atoms with van der Waals surface area (Å²) in [6.07, 6.45) is 1.92. The lowest BCUT2D eigenvalue weighted by atomic mass is 10.1. The predicted molar refractivity (Wildman–Crippen MR) is 100 cm³/mol. The molecule has 0 amide bonds. The quantitative estimate of drug-likeness (QED) is 0.459. The van der Waals surface area contributed by atoms with Crippen molar-refractivity contribution in [2.75, 3.05) is 20.7 Å². The summed E-state index contributed by atoms with van der Waals surface area (Å²) in [7, 11) is 3.47. The molecule has 0 atom stereocenters. The van der Waals surface area contributed by atoms with Crippen LogP contribution in [0.1, 0.15) is 34.6 Å². The van der Waals surface area contributed by atoms with Gasteiger partial charge in [0.1, 0.15) is 11.5 Å². The van der Waals surface area contributed by atoms with Crippen molar-refractivity contribution < 1.29 is 9.26 Å². The Morgan fingerprint density at radius 1 is 1.24 bits per heavy atom. The zero-order valence-corrected chi connectivity index (χ0v) is 15.8. The van der Waals surface area contributed by atoms with E-state index >= 15 is 0 Å². The molecule has 0 unspecified atom stereocenters. The molecule has 2 N–H and O–H groups in total. The maximum Gasteiger partial charge on any atom is 0.191 e. The van der Waals surface area contributed by atoms with Crippen LogP contribution in [0.25, 0.3) is 0 Å². The Morgan fingerprint density at radius 2 is 2.04 bits per heavy atom. The van der Waals surface area contributed by atoms with E-state index in [0.29, 0.717) is 6.54 Å². The molecule has 2 rings (SSSR count). The highest BCUT2D eigenvalue weighted by molar-refractivity contribution is 5.79. The number of nitrogens with zero attached hydrogens (tertiary/aromatic N) is 2. The number of aryl methyl sites for hydroxylation is 3. The molecule has 0 saturated carbocycles. The lowest BCUT2D eigenvalue weighted by molar-refractivity contribution is 0.392. The molecule has 2 aromatic rings. The van der Waals surface area contributed by atoms with E-state index in [-0.39, 0.29) is 0 Å². The van der Waals surface area contributed by atoms with Crippen molar-refractivity contribution in [1.29, 1.82) is 0 Å². The van der Waals surface area contributed by atoms with Crippen LogP contribution in [0.4, 0.5) is 0 Å². The van der Waals surface area contributed by atoms with Gasteiger partial charge in [0.2, 0.25) is 0 Å². The first-order chi connectivity index (χ1) is 12.0. The monoisotopic (exact) mass is 344 g/mol. The van der Waals surface area contributed by atoms with Crippen molar-refractivity contribution >= 4 is 5.96 Å². The van der Waals surface area contributed by atoms with E-state index in [1.165, 1.54) is 11.1 Å². The second-order valence-corrected chi connectivity index (χ2v) is 6.07. The molecule has 0 fully saturated rings. The van der Waals surface area contributed by atoms with Crippen molar-refractivity contribution in [3.8, 4) is 5.75 Å². The minimum absolute atomic E-state index is 0.660. The number of guanidine groups is 1. The molecule has 0 spiro atoms. The van der Waals surface area contributed by atoms with Crippen molar-refractivity contribution in [3.63, 3.8) is 0 Å². The fourth-order valence-corrected chi connectivity index (χ4v) is 2.73. The molecule has 6 heteroatoms. The molecule has 1 aromatic carbocycles. The van der Waals surface area contributed by atoms with Crippen molar-refractivity contribution in [3.05, 3.63) is 46.3 Å². The highest BCUT2D eigenvalue weighted by Gasteiger charge is 2.08. The van der Waals surface area contributed by atoms with Gasteiger partial charge in [-0.2, -0.15) is 0 Å². The molecule has 0 aliphatic heterocycles. The third kappa shape index (κ3) is 5.24. The molecule has 0 saturated heterocycles. The highest BCUT2D eigenvalue weighted by Crippen LogP contribution is 2.19. The summed E-state index contributed by atoms with van der Waals surface area (Å²) < 4.78 is 10.6. The number of aromatic nitrogens is 1. The average Bonchev–Trinajstić information content (AvgIpc) is 2.93. The van der Waals surface area contributed by atoms with E-state index in [9.17, 15) is 0 Å². The zero-order valence-electron chi connectivity index (χ0n) is 15.8. The van der Waals surface area contributed by atoms with Crippen LogP contribution in [0.3, 0.4) is 0 Å². The first kappa shape index (κ1) is 18.8. The minimum Gasteiger partial charge on any atom is -0.496 e. The maximum atomic E-state index is 5.44. The lowest BCUT2D eigenvalue weighted by Gasteiger charge is -2.14. The van der Waals surface area contributed by atoms with Gasteiger partial charge < -0.3 is 19.9 Å². The molecule has 0 bridgehead atoms. The molecule has 0 radical (unpaired) electrons. The summed E-state index contributed by atoms with van der Waals surface area (Å²) in [6.45, 7) is 7.48. The Bertz CT molecular complexity index is 703.